The predicted molar refractivity (Wildman–Crippen MR) is 63.1 cm³/mol. The molecule has 1 saturated carbocycles. The number of nitrogens with one attached hydrogen (secondary N) is 2. The molecule has 0 unspecified atom stereocenters. The first-order valence-electron chi connectivity index (χ1n) is 6.41. The minimum Gasteiger partial charge on any atom is -0.355 e. The molecule has 0 spiro atoms. The van der Waals surface area contributed by atoms with Gasteiger partial charge in [-0.3, -0.25) is 4.79 Å². The molecule has 0 radical (unpaired) electrons. The Balaban J connectivity index is 2.06. The van der Waals surface area contributed by atoms with Crippen LogP contribution in [0, 0.1) is 11.8 Å². The number of hydrogen-bond acceptors (Lipinski definition) is 2. The van der Waals surface area contributed by atoms with Crippen LogP contribution < -0.4 is 10.6 Å². The number of alkyl halides is 3. The van der Waals surface area contributed by atoms with Crippen LogP contribution in [-0.4, -0.2) is 31.7 Å². The summed E-state index contributed by atoms with van der Waals surface area (Å²) >= 11 is 0. The molecule has 0 aromatic rings. The third-order valence-corrected chi connectivity index (χ3v) is 3.33. The molecule has 0 aromatic carbocycles. The van der Waals surface area contributed by atoms with Crippen LogP contribution in [0.3, 0.4) is 0 Å². The van der Waals surface area contributed by atoms with Crippen molar-refractivity contribution < 1.29 is 18.0 Å². The standard InChI is InChI=1S/C12H21F3N2O/c1-9-2-4-10(5-3-9)6-17-11(18)7-16-8-12(13,14)15/h9-10,16H,2-8H2,1H3,(H,17,18). The van der Waals surface area contributed by atoms with Crippen LogP contribution in [0.2, 0.25) is 0 Å². The van der Waals surface area contributed by atoms with Crippen LogP contribution in [0.4, 0.5) is 13.2 Å². The highest BCUT2D eigenvalue weighted by atomic mass is 19.4. The van der Waals surface area contributed by atoms with E-state index in [-0.39, 0.29) is 12.5 Å². The number of amides is 1. The normalized spacial score (nSPS) is 24.9. The summed E-state index contributed by atoms with van der Waals surface area (Å²) in [6.07, 6.45) is 0.272. The number of halogens is 3. The predicted octanol–water partition coefficient (Wildman–Crippen LogP) is 2.08. The monoisotopic (exact) mass is 266 g/mol. The van der Waals surface area contributed by atoms with E-state index in [1.54, 1.807) is 0 Å². The summed E-state index contributed by atoms with van der Waals surface area (Å²) in [4.78, 5) is 11.3. The van der Waals surface area contributed by atoms with Crippen molar-refractivity contribution in [3.63, 3.8) is 0 Å². The molecule has 1 fully saturated rings. The van der Waals surface area contributed by atoms with Crippen molar-refractivity contribution in [2.24, 2.45) is 11.8 Å². The first-order chi connectivity index (χ1) is 8.37. The van der Waals surface area contributed by atoms with E-state index in [2.05, 4.69) is 17.6 Å². The average molecular weight is 266 g/mol. The van der Waals surface area contributed by atoms with Gasteiger partial charge in [0.15, 0.2) is 0 Å². The van der Waals surface area contributed by atoms with E-state index in [0.717, 1.165) is 18.8 Å². The third-order valence-electron chi connectivity index (χ3n) is 3.33. The third kappa shape index (κ3) is 6.83. The van der Waals surface area contributed by atoms with E-state index in [1.165, 1.54) is 12.8 Å². The van der Waals surface area contributed by atoms with E-state index >= 15 is 0 Å². The lowest BCUT2D eigenvalue weighted by Gasteiger charge is -2.26. The van der Waals surface area contributed by atoms with Crippen molar-refractivity contribution in [1.82, 2.24) is 10.6 Å². The smallest absolute Gasteiger partial charge is 0.355 e. The molecule has 18 heavy (non-hydrogen) atoms. The second kappa shape index (κ2) is 6.97. The Bertz CT molecular complexity index is 261. The van der Waals surface area contributed by atoms with Gasteiger partial charge in [0.25, 0.3) is 0 Å². The Morgan fingerprint density at radius 3 is 2.39 bits per heavy atom. The highest BCUT2D eigenvalue weighted by Gasteiger charge is 2.26. The summed E-state index contributed by atoms with van der Waals surface area (Å²) in [5, 5.41) is 4.77. The van der Waals surface area contributed by atoms with Crippen molar-refractivity contribution in [1.29, 1.82) is 0 Å². The van der Waals surface area contributed by atoms with Gasteiger partial charge >= 0.3 is 6.18 Å². The number of rotatable bonds is 5. The largest absolute Gasteiger partial charge is 0.401 e. The maximum atomic E-state index is 11.8. The molecular weight excluding hydrogens is 245 g/mol. The van der Waals surface area contributed by atoms with Crippen LogP contribution in [0.15, 0.2) is 0 Å². The number of carbonyl (C=O) groups excluding carboxylic acids is 1. The molecule has 3 nitrogen and oxygen atoms in total. The molecule has 0 aromatic heterocycles. The topological polar surface area (TPSA) is 41.1 Å². The summed E-state index contributed by atoms with van der Waals surface area (Å²) in [6, 6.07) is 0. The zero-order chi connectivity index (χ0) is 13.6. The quantitative estimate of drug-likeness (QED) is 0.800. The minimum absolute atomic E-state index is 0.275. The second-order valence-corrected chi connectivity index (χ2v) is 5.15. The number of hydrogen-bond donors (Lipinski definition) is 2. The van der Waals surface area contributed by atoms with Crippen LogP contribution >= 0.6 is 0 Å². The van der Waals surface area contributed by atoms with Crippen molar-refractivity contribution in [2.75, 3.05) is 19.6 Å². The lowest BCUT2D eigenvalue weighted by molar-refractivity contribution is -0.128. The van der Waals surface area contributed by atoms with Gasteiger partial charge in [0.05, 0.1) is 13.1 Å². The van der Waals surface area contributed by atoms with E-state index in [1.807, 2.05) is 0 Å². The van der Waals surface area contributed by atoms with Gasteiger partial charge in [-0.1, -0.05) is 19.8 Å². The molecule has 0 saturated heterocycles. The summed E-state index contributed by atoms with van der Waals surface area (Å²) in [6.45, 7) is 1.40. The highest BCUT2D eigenvalue weighted by molar-refractivity contribution is 5.77. The Hall–Kier alpha value is -0.780. The fourth-order valence-corrected chi connectivity index (χ4v) is 2.17. The maximum absolute atomic E-state index is 11.8. The molecule has 1 amide bonds. The molecular formula is C12H21F3N2O. The molecule has 0 heterocycles. The van der Waals surface area contributed by atoms with E-state index in [9.17, 15) is 18.0 Å². The lowest BCUT2D eigenvalue weighted by Crippen LogP contribution is -2.40. The lowest BCUT2D eigenvalue weighted by atomic mass is 9.83. The zero-order valence-corrected chi connectivity index (χ0v) is 10.6. The van der Waals surface area contributed by atoms with E-state index in [0.29, 0.717) is 12.5 Å². The van der Waals surface area contributed by atoms with Gasteiger partial charge in [-0.15, -0.1) is 0 Å². The average Bonchev–Trinajstić information content (AvgIpc) is 2.26. The van der Waals surface area contributed by atoms with Crippen LogP contribution in [0.5, 0.6) is 0 Å². The van der Waals surface area contributed by atoms with Crippen molar-refractivity contribution in [2.45, 2.75) is 38.8 Å². The van der Waals surface area contributed by atoms with Crippen LogP contribution in [0.1, 0.15) is 32.6 Å². The summed E-state index contributed by atoms with van der Waals surface area (Å²) in [7, 11) is 0. The molecule has 0 atom stereocenters. The van der Waals surface area contributed by atoms with Gasteiger partial charge < -0.3 is 10.6 Å². The van der Waals surface area contributed by atoms with Gasteiger partial charge in [0.1, 0.15) is 0 Å². The van der Waals surface area contributed by atoms with Gasteiger partial charge in [-0.2, -0.15) is 13.2 Å². The summed E-state index contributed by atoms with van der Waals surface area (Å²) < 4.78 is 35.5. The molecule has 1 aliphatic carbocycles. The Kier molecular flexibility index (Phi) is 5.91. The molecule has 1 rings (SSSR count). The minimum atomic E-state index is -4.26. The molecule has 0 aliphatic heterocycles. The Morgan fingerprint density at radius 1 is 1.22 bits per heavy atom. The summed E-state index contributed by atoms with van der Waals surface area (Å²) in [5.74, 6) is 0.871. The van der Waals surface area contributed by atoms with E-state index < -0.39 is 12.7 Å². The molecule has 2 N–H and O–H groups in total. The Labute approximate surface area is 106 Å². The maximum Gasteiger partial charge on any atom is 0.401 e. The number of carbonyl (C=O) groups is 1. The van der Waals surface area contributed by atoms with Gasteiger partial charge in [-0.05, 0) is 24.7 Å². The second-order valence-electron chi connectivity index (χ2n) is 5.15. The van der Waals surface area contributed by atoms with Crippen molar-refractivity contribution in [3.05, 3.63) is 0 Å². The van der Waals surface area contributed by atoms with Gasteiger partial charge in [0.2, 0.25) is 5.91 Å². The summed E-state index contributed by atoms with van der Waals surface area (Å²) in [5.41, 5.74) is 0. The van der Waals surface area contributed by atoms with Crippen LogP contribution in [0.25, 0.3) is 0 Å². The highest BCUT2D eigenvalue weighted by Crippen LogP contribution is 2.27. The first-order valence-corrected chi connectivity index (χ1v) is 6.41. The Morgan fingerprint density at radius 2 is 1.83 bits per heavy atom. The van der Waals surface area contributed by atoms with Crippen molar-refractivity contribution in [3.8, 4) is 0 Å². The zero-order valence-electron chi connectivity index (χ0n) is 10.6. The van der Waals surface area contributed by atoms with Crippen molar-refractivity contribution >= 4 is 5.91 Å². The molecule has 1 aliphatic rings. The van der Waals surface area contributed by atoms with Crippen LogP contribution in [-0.2, 0) is 4.79 Å². The fourth-order valence-electron chi connectivity index (χ4n) is 2.17. The van der Waals surface area contributed by atoms with E-state index in [4.69, 9.17) is 0 Å². The molecule has 106 valence electrons. The molecule has 0 bridgehead atoms. The molecule has 6 heteroatoms. The van der Waals surface area contributed by atoms with Gasteiger partial charge in [-0.25, -0.2) is 0 Å². The van der Waals surface area contributed by atoms with Gasteiger partial charge in [0, 0.05) is 6.54 Å². The SMILES string of the molecule is CC1CCC(CNC(=O)CNCC(F)(F)F)CC1. The first kappa shape index (κ1) is 15.3. The fraction of sp³-hybridized carbons (Fsp3) is 0.917.